The number of amides is 2. The van der Waals surface area contributed by atoms with E-state index in [1.54, 1.807) is 31.2 Å². The minimum absolute atomic E-state index is 0.0700. The van der Waals surface area contributed by atoms with Gasteiger partial charge in [0.05, 0.1) is 24.8 Å². The predicted octanol–water partition coefficient (Wildman–Crippen LogP) is 4.46. The van der Waals surface area contributed by atoms with Gasteiger partial charge in [0, 0.05) is 18.7 Å². The Kier molecular flexibility index (Phi) is 10.4. The Labute approximate surface area is 243 Å². The molecule has 1 N–H and O–H groups in total. The molecule has 3 rings (SSSR count). The molecule has 0 heterocycles. The fourth-order valence-electron chi connectivity index (χ4n) is 4.34. The van der Waals surface area contributed by atoms with Crippen molar-refractivity contribution in [1.82, 2.24) is 10.2 Å². The lowest BCUT2D eigenvalue weighted by Gasteiger charge is -2.32. The summed E-state index contributed by atoms with van der Waals surface area (Å²) < 4.78 is 39.8. The molecule has 0 aliphatic carbocycles. The lowest BCUT2D eigenvalue weighted by Crippen LogP contribution is -2.52. The molecule has 0 unspecified atom stereocenters. The zero-order valence-corrected chi connectivity index (χ0v) is 25.5. The van der Waals surface area contributed by atoms with Crippen LogP contribution in [0.1, 0.15) is 37.5 Å². The van der Waals surface area contributed by atoms with Gasteiger partial charge in [-0.05, 0) is 64.4 Å². The zero-order valence-electron chi connectivity index (χ0n) is 24.7. The molecule has 3 aromatic rings. The van der Waals surface area contributed by atoms with E-state index in [-0.39, 0.29) is 29.1 Å². The summed E-state index contributed by atoms with van der Waals surface area (Å²) in [7, 11) is -1.37. The molecule has 3 aromatic carbocycles. The van der Waals surface area contributed by atoms with Crippen molar-refractivity contribution in [3.63, 3.8) is 0 Å². The van der Waals surface area contributed by atoms with Gasteiger partial charge in [-0.3, -0.25) is 13.9 Å². The first-order valence-corrected chi connectivity index (χ1v) is 14.8. The normalized spacial score (nSPS) is 12.0. The standard InChI is InChI=1S/C31H39N3O6S/c1-21(2)32-31(36)24(5)33(19-25-10-8-9-23(4)17-25)30(35)20-34(26-13-11-22(3)12-14-26)41(37,38)27-15-16-28(39-6)29(18-27)40-7/h8-18,21,24H,19-20H2,1-7H3,(H,32,36)/t24-/m1/s1. The van der Waals surface area contributed by atoms with Gasteiger partial charge in [-0.25, -0.2) is 8.42 Å². The Hall–Kier alpha value is -4.05. The van der Waals surface area contributed by atoms with Crippen LogP contribution in [-0.4, -0.2) is 58.0 Å². The van der Waals surface area contributed by atoms with E-state index >= 15 is 0 Å². The smallest absolute Gasteiger partial charge is 0.264 e. The summed E-state index contributed by atoms with van der Waals surface area (Å²) in [5.74, 6) is -0.240. The Morgan fingerprint density at radius 3 is 2.10 bits per heavy atom. The van der Waals surface area contributed by atoms with E-state index in [4.69, 9.17) is 9.47 Å². The maximum Gasteiger partial charge on any atom is 0.264 e. The van der Waals surface area contributed by atoms with E-state index in [1.165, 1.54) is 37.3 Å². The van der Waals surface area contributed by atoms with E-state index in [2.05, 4.69) is 5.32 Å². The van der Waals surface area contributed by atoms with Crippen LogP contribution in [0, 0.1) is 13.8 Å². The topological polar surface area (TPSA) is 105 Å². The van der Waals surface area contributed by atoms with E-state index in [0.29, 0.717) is 11.4 Å². The third-order valence-electron chi connectivity index (χ3n) is 6.58. The molecule has 0 radical (unpaired) electrons. The molecule has 41 heavy (non-hydrogen) atoms. The first-order valence-electron chi connectivity index (χ1n) is 13.3. The quantitative estimate of drug-likeness (QED) is 0.339. The summed E-state index contributed by atoms with van der Waals surface area (Å²) in [6.07, 6.45) is 0. The highest BCUT2D eigenvalue weighted by Gasteiger charge is 2.33. The van der Waals surface area contributed by atoms with Crippen molar-refractivity contribution in [2.24, 2.45) is 0 Å². The zero-order chi connectivity index (χ0) is 30.3. The second kappa shape index (κ2) is 13.5. The molecule has 0 aromatic heterocycles. The van der Waals surface area contributed by atoms with Gasteiger partial charge in [-0.1, -0.05) is 47.5 Å². The van der Waals surface area contributed by atoms with Crippen molar-refractivity contribution in [2.75, 3.05) is 25.1 Å². The summed E-state index contributed by atoms with van der Waals surface area (Å²) in [5, 5.41) is 2.86. The fraction of sp³-hybridized carbons (Fsp3) is 0.355. The summed E-state index contributed by atoms with van der Waals surface area (Å²) in [6, 6.07) is 17.8. The molecule has 0 fully saturated rings. The number of rotatable bonds is 12. The molecule has 220 valence electrons. The van der Waals surface area contributed by atoms with E-state index in [9.17, 15) is 18.0 Å². The average molecular weight is 582 g/mol. The SMILES string of the molecule is COc1ccc(S(=O)(=O)N(CC(=O)N(Cc2cccc(C)c2)[C@H](C)C(=O)NC(C)C)c2ccc(C)cc2)cc1OC. The molecule has 0 aliphatic rings. The van der Waals surface area contributed by atoms with Crippen molar-refractivity contribution in [3.8, 4) is 11.5 Å². The maximum atomic E-state index is 14.1. The number of nitrogens with one attached hydrogen (secondary N) is 1. The monoisotopic (exact) mass is 581 g/mol. The molecule has 0 saturated carbocycles. The Bertz CT molecular complexity index is 1470. The first kappa shape index (κ1) is 31.5. The van der Waals surface area contributed by atoms with Gasteiger partial charge < -0.3 is 19.7 Å². The number of carbonyl (C=O) groups excluding carboxylic acids is 2. The molecule has 2 amide bonds. The molecule has 1 atom stereocenters. The van der Waals surface area contributed by atoms with E-state index in [0.717, 1.165) is 21.0 Å². The van der Waals surface area contributed by atoms with Crippen LogP contribution in [0.5, 0.6) is 11.5 Å². The largest absolute Gasteiger partial charge is 0.493 e. The molecule has 10 heteroatoms. The van der Waals surface area contributed by atoms with Crippen LogP contribution >= 0.6 is 0 Å². The van der Waals surface area contributed by atoms with Crippen LogP contribution in [0.4, 0.5) is 5.69 Å². The molecule has 0 saturated heterocycles. The Balaban J connectivity index is 2.07. The highest BCUT2D eigenvalue weighted by atomic mass is 32.2. The van der Waals surface area contributed by atoms with Crippen LogP contribution in [0.15, 0.2) is 71.6 Å². The third-order valence-corrected chi connectivity index (χ3v) is 8.35. The number of hydrogen-bond acceptors (Lipinski definition) is 6. The third kappa shape index (κ3) is 7.79. The number of benzene rings is 3. The van der Waals surface area contributed by atoms with Crippen molar-refractivity contribution < 1.29 is 27.5 Å². The predicted molar refractivity (Wildman–Crippen MR) is 160 cm³/mol. The van der Waals surface area contributed by atoms with Gasteiger partial charge >= 0.3 is 0 Å². The molecule has 0 spiro atoms. The van der Waals surface area contributed by atoms with Crippen LogP contribution in [0.3, 0.4) is 0 Å². The lowest BCUT2D eigenvalue weighted by atomic mass is 10.1. The number of hydrogen-bond donors (Lipinski definition) is 1. The highest BCUT2D eigenvalue weighted by molar-refractivity contribution is 7.92. The summed E-state index contributed by atoms with van der Waals surface area (Å²) in [5.41, 5.74) is 3.08. The number of sulfonamides is 1. The molecule has 0 bridgehead atoms. The van der Waals surface area contributed by atoms with Gasteiger partial charge in [-0.2, -0.15) is 0 Å². The fourth-order valence-corrected chi connectivity index (χ4v) is 5.77. The molecular formula is C31H39N3O6S. The van der Waals surface area contributed by atoms with Crippen LogP contribution in [-0.2, 0) is 26.2 Å². The van der Waals surface area contributed by atoms with Gasteiger partial charge in [0.25, 0.3) is 10.0 Å². The number of methoxy groups -OCH3 is 2. The average Bonchev–Trinajstić information content (AvgIpc) is 2.93. The van der Waals surface area contributed by atoms with Crippen molar-refractivity contribution >= 4 is 27.5 Å². The molecule has 0 aliphatic heterocycles. The first-order chi connectivity index (χ1) is 19.4. The number of aryl methyl sites for hydroxylation is 2. The van der Waals surface area contributed by atoms with E-state index in [1.807, 2.05) is 52.0 Å². The van der Waals surface area contributed by atoms with Gasteiger partial charge in [0.15, 0.2) is 11.5 Å². The number of anilines is 1. The van der Waals surface area contributed by atoms with Gasteiger partial charge in [-0.15, -0.1) is 0 Å². The minimum Gasteiger partial charge on any atom is -0.493 e. The van der Waals surface area contributed by atoms with Crippen molar-refractivity contribution in [3.05, 3.63) is 83.4 Å². The van der Waals surface area contributed by atoms with Crippen LogP contribution in [0.2, 0.25) is 0 Å². The summed E-state index contributed by atoms with van der Waals surface area (Å²) in [6.45, 7) is 8.76. The minimum atomic E-state index is -4.25. The van der Waals surface area contributed by atoms with Crippen LogP contribution in [0.25, 0.3) is 0 Å². The number of carbonyl (C=O) groups is 2. The Morgan fingerprint density at radius 1 is 0.854 bits per heavy atom. The number of nitrogens with zero attached hydrogens (tertiary/aromatic N) is 2. The second-order valence-electron chi connectivity index (χ2n) is 10.2. The Morgan fingerprint density at radius 2 is 1.51 bits per heavy atom. The van der Waals surface area contributed by atoms with Crippen molar-refractivity contribution in [1.29, 1.82) is 0 Å². The summed E-state index contributed by atoms with van der Waals surface area (Å²) in [4.78, 5) is 28.4. The van der Waals surface area contributed by atoms with E-state index < -0.39 is 28.5 Å². The lowest BCUT2D eigenvalue weighted by molar-refractivity contribution is -0.139. The maximum absolute atomic E-state index is 14.1. The highest BCUT2D eigenvalue weighted by Crippen LogP contribution is 2.32. The van der Waals surface area contributed by atoms with Crippen molar-refractivity contribution in [2.45, 2.75) is 58.1 Å². The summed E-state index contributed by atoms with van der Waals surface area (Å²) >= 11 is 0. The number of ether oxygens (including phenoxy) is 2. The molecule has 9 nitrogen and oxygen atoms in total. The van der Waals surface area contributed by atoms with Gasteiger partial charge in [0.2, 0.25) is 11.8 Å². The van der Waals surface area contributed by atoms with Crippen LogP contribution < -0.4 is 19.1 Å². The second-order valence-corrected chi connectivity index (χ2v) is 12.1. The molecular weight excluding hydrogens is 542 g/mol. The van der Waals surface area contributed by atoms with Gasteiger partial charge in [0.1, 0.15) is 12.6 Å².